The van der Waals surface area contributed by atoms with Gasteiger partial charge in [0, 0.05) is 36.9 Å². The number of carbonyl (C=O) groups excluding carboxylic acids is 1. The average molecular weight is 359 g/mol. The largest absolute Gasteiger partial charge is 0.376 e. The number of fused-ring (bicyclic) bond motifs is 1. The van der Waals surface area contributed by atoms with Gasteiger partial charge in [-0.3, -0.25) is 4.79 Å². The van der Waals surface area contributed by atoms with Crippen molar-refractivity contribution in [2.75, 3.05) is 32.0 Å². The molecule has 3 rings (SSSR count). The van der Waals surface area contributed by atoms with E-state index in [0.29, 0.717) is 31.9 Å². The van der Waals surface area contributed by atoms with Crippen LogP contribution in [0.25, 0.3) is 0 Å². The third kappa shape index (κ3) is 3.42. The molecule has 1 amide bonds. The minimum Gasteiger partial charge on any atom is -0.376 e. The number of nitrogens with one attached hydrogen (secondary N) is 1. The van der Waals surface area contributed by atoms with Gasteiger partial charge in [-0.25, -0.2) is 13.4 Å². The van der Waals surface area contributed by atoms with Crippen LogP contribution >= 0.6 is 11.3 Å². The van der Waals surface area contributed by atoms with Crippen molar-refractivity contribution in [1.29, 1.82) is 0 Å². The van der Waals surface area contributed by atoms with Gasteiger partial charge in [0.15, 0.2) is 0 Å². The third-order valence-corrected chi connectivity index (χ3v) is 7.13. The number of sulfonamides is 1. The lowest BCUT2D eigenvalue weighted by atomic mass is 9.93. The maximum Gasteiger partial charge on any atom is 0.270 e. The zero-order valence-corrected chi connectivity index (χ0v) is 14.8. The molecule has 0 bridgehead atoms. The summed E-state index contributed by atoms with van der Waals surface area (Å²) in [5.74, 6) is 0.208. The lowest BCUT2D eigenvalue weighted by molar-refractivity contribution is 0.0928. The molecule has 23 heavy (non-hydrogen) atoms. The van der Waals surface area contributed by atoms with Crippen LogP contribution in [0, 0.1) is 18.8 Å². The molecule has 1 aromatic heterocycles. The van der Waals surface area contributed by atoms with Crippen LogP contribution in [0.2, 0.25) is 0 Å². The lowest BCUT2D eigenvalue weighted by Crippen LogP contribution is -2.35. The molecule has 3 atom stereocenters. The monoisotopic (exact) mass is 359 g/mol. The van der Waals surface area contributed by atoms with Crippen LogP contribution in [0.15, 0.2) is 5.38 Å². The van der Waals surface area contributed by atoms with Gasteiger partial charge >= 0.3 is 0 Å². The second-order valence-corrected chi connectivity index (χ2v) is 9.29. The smallest absolute Gasteiger partial charge is 0.270 e. The second kappa shape index (κ2) is 6.46. The van der Waals surface area contributed by atoms with Crippen LogP contribution in [-0.4, -0.2) is 61.7 Å². The quantitative estimate of drug-likeness (QED) is 0.826. The van der Waals surface area contributed by atoms with E-state index < -0.39 is 10.0 Å². The van der Waals surface area contributed by atoms with Crippen molar-refractivity contribution in [3.63, 3.8) is 0 Å². The summed E-state index contributed by atoms with van der Waals surface area (Å²) in [6.45, 7) is 5.46. The minimum atomic E-state index is -3.18. The van der Waals surface area contributed by atoms with E-state index in [1.54, 1.807) is 12.3 Å². The molecule has 1 N–H and O–H groups in total. The van der Waals surface area contributed by atoms with Gasteiger partial charge in [-0.2, -0.15) is 4.31 Å². The van der Waals surface area contributed by atoms with E-state index in [4.69, 9.17) is 4.74 Å². The maximum atomic E-state index is 12.1. The van der Waals surface area contributed by atoms with E-state index in [1.165, 1.54) is 15.6 Å². The predicted molar refractivity (Wildman–Crippen MR) is 86.9 cm³/mol. The summed E-state index contributed by atoms with van der Waals surface area (Å²) < 4.78 is 31.2. The number of aromatic nitrogens is 1. The fraction of sp³-hybridized carbons (Fsp3) is 0.714. The Morgan fingerprint density at radius 3 is 2.96 bits per heavy atom. The van der Waals surface area contributed by atoms with Crippen LogP contribution in [0.4, 0.5) is 0 Å². The van der Waals surface area contributed by atoms with Gasteiger partial charge in [0.05, 0.1) is 23.5 Å². The topological polar surface area (TPSA) is 88.6 Å². The van der Waals surface area contributed by atoms with Crippen molar-refractivity contribution in [3.05, 3.63) is 16.1 Å². The number of carbonyl (C=O) groups is 1. The molecular weight excluding hydrogens is 338 g/mol. The summed E-state index contributed by atoms with van der Waals surface area (Å²) in [6.07, 6.45) is -0.0558. The molecule has 0 aliphatic carbocycles. The van der Waals surface area contributed by atoms with E-state index in [9.17, 15) is 13.2 Å². The first-order valence-corrected chi connectivity index (χ1v) is 10.2. The third-order valence-electron chi connectivity index (χ3n) is 4.54. The normalized spacial score (nSPS) is 28.0. The van der Waals surface area contributed by atoms with Crippen LogP contribution < -0.4 is 5.32 Å². The fourth-order valence-electron chi connectivity index (χ4n) is 3.17. The molecule has 0 unspecified atom stereocenters. The van der Waals surface area contributed by atoms with Crippen molar-refractivity contribution in [2.45, 2.75) is 20.0 Å². The van der Waals surface area contributed by atoms with Crippen molar-refractivity contribution >= 4 is 27.3 Å². The maximum absolute atomic E-state index is 12.1. The van der Waals surface area contributed by atoms with Gasteiger partial charge < -0.3 is 10.1 Å². The van der Waals surface area contributed by atoms with Crippen molar-refractivity contribution in [2.24, 2.45) is 11.8 Å². The van der Waals surface area contributed by atoms with E-state index in [2.05, 4.69) is 10.3 Å². The van der Waals surface area contributed by atoms with Crippen LogP contribution in [-0.2, 0) is 14.8 Å². The number of hydrogen-bond acceptors (Lipinski definition) is 6. The van der Waals surface area contributed by atoms with Gasteiger partial charge in [-0.1, -0.05) is 0 Å². The zero-order valence-electron chi connectivity index (χ0n) is 13.2. The summed E-state index contributed by atoms with van der Waals surface area (Å²) >= 11 is 1.44. The van der Waals surface area contributed by atoms with Crippen molar-refractivity contribution in [1.82, 2.24) is 14.6 Å². The minimum absolute atomic E-state index is 0.0558. The summed E-state index contributed by atoms with van der Waals surface area (Å²) in [5.41, 5.74) is 0.435. The van der Waals surface area contributed by atoms with Crippen molar-refractivity contribution in [3.8, 4) is 0 Å². The summed E-state index contributed by atoms with van der Waals surface area (Å²) in [5, 5.41) is 5.49. The molecule has 0 saturated carbocycles. The number of aryl methyl sites for hydroxylation is 1. The van der Waals surface area contributed by atoms with Gasteiger partial charge in [0.1, 0.15) is 5.69 Å². The van der Waals surface area contributed by atoms with Crippen LogP contribution in [0.5, 0.6) is 0 Å². The first-order valence-electron chi connectivity index (χ1n) is 7.70. The van der Waals surface area contributed by atoms with Crippen LogP contribution in [0.1, 0.15) is 22.4 Å². The zero-order chi connectivity index (χ0) is 16.6. The molecular formula is C14H21N3O4S2. The van der Waals surface area contributed by atoms with Gasteiger partial charge in [0.25, 0.3) is 5.91 Å². The number of hydrogen-bond donors (Lipinski definition) is 1. The molecule has 0 radical (unpaired) electrons. The number of thiazole rings is 1. The Hall–Kier alpha value is -1.03. The highest BCUT2D eigenvalue weighted by atomic mass is 32.2. The Labute approximate surface area is 140 Å². The first kappa shape index (κ1) is 16.8. The Morgan fingerprint density at radius 1 is 1.52 bits per heavy atom. The molecule has 2 fully saturated rings. The molecule has 9 heteroatoms. The Balaban J connectivity index is 1.57. The lowest BCUT2D eigenvalue weighted by Gasteiger charge is -2.19. The highest BCUT2D eigenvalue weighted by Gasteiger charge is 2.46. The Kier molecular flexibility index (Phi) is 4.73. The first-order chi connectivity index (χ1) is 10.9. The number of ether oxygens (including phenoxy) is 1. The molecule has 1 aromatic rings. The molecule has 128 valence electrons. The number of nitrogens with zero attached hydrogens (tertiary/aromatic N) is 2. The van der Waals surface area contributed by atoms with E-state index in [-0.39, 0.29) is 29.6 Å². The highest BCUT2D eigenvalue weighted by Crippen LogP contribution is 2.34. The summed E-state index contributed by atoms with van der Waals surface area (Å²) in [4.78, 5) is 16.2. The predicted octanol–water partition coefficient (Wildman–Crippen LogP) is 0.478. The molecule has 0 aromatic carbocycles. The van der Waals surface area contributed by atoms with E-state index in [1.807, 2.05) is 6.92 Å². The van der Waals surface area contributed by atoms with Gasteiger partial charge in [0.2, 0.25) is 10.0 Å². The van der Waals surface area contributed by atoms with E-state index >= 15 is 0 Å². The van der Waals surface area contributed by atoms with Crippen molar-refractivity contribution < 1.29 is 17.9 Å². The van der Waals surface area contributed by atoms with E-state index in [0.717, 1.165) is 5.01 Å². The molecule has 0 spiro atoms. The van der Waals surface area contributed by atoms with Gasteiger partial charge in [-0.05, 0) is 13.8 Å². The standard InChI is InChI=1S/C14H21N3O4S2/c1-3-23(19,20)17-5-11-10(7-21-13(11)6-17)4-15-14(18)12-8-22-9(2)16-12/h8,10-11,13H,3-7H2,1-2H3,(H,15,18)/t10-,11+,13+/m0/s1. The fourth-order valence-corrected chi connectivity index (χ4v) is 4.90. The SMILES string of the molecule is CCS(=O)(=O)N1C[C@@H]2[C@@H](CNC(=O)c3csc(C)n3)CO[C@@H]2C1. The Morgan fingerprint density at radius 2 is 2.30 bits per heavy atom. The number of amides is 1. The summed E-state index contributed by atoms with van der Waals surface area (Å²) in [6, 6.07) is 0. The average Bonchev–Trinajstić information content (AvgIpc) is 3.20. The van der Waals surface area contributed by atoms with Crippen LogP contribution in [0.3, 0.4) is 0 Å². The Bertz CT molecular complexity index is 688. The molecule has 2 aliphatic heterocycles. The molecule has 2 aliphatic rings. The highest BCUT2D eigenvalue weighted by molar-refractivity contribution is 7.89. The molecule has 3 heterocycles. The summed E-state index contributed by atoms with van der Waals surface area (Å²) in [7, 11) is -3.18. The second-order valence-electron chi connectivity index (χ2n) is 5.98. The molecule has 7 nitrogen and oxygen atoms in total. The molecule has 2 saturated heterocycles. The van der Waals surface area contributed by atoms with Gasteiger partial charge in [-0.15, -0.1) is 11.3 Å². The number of rotatable bonds is 5.